The Balaban J connectivity index is 1.65. The number of allylic oxidation sites excluding steroid dienone is 1. The summed E-state index contributed by atoms with van der Waals surface area (Å²) in [5, 5.41) is 0. The van der Waals surface area contributed by atoms with Gasteiger partial charge in [-0.2, -0.15) is 0 Å². The van der Waals surface area contributed by atoms with Gasteiger partial charge in [0.15, 0.2) is 0 Å². The Kier molecular flexibility index (Phi) is 6.76. The number of hydrogen-bond acceptors (Lipinski definition) is 5. The van der Waals surface area contributed by atoms with E-state index in [-0.39, 0.29) is 5.56 Å². The highest BCUT2D eigenvalue weighted by Gasteiger charge is 2.27. The Morgan fingerprint density at radius 3 is 2.58 bits per heavy atom. The van der Waals surface area contributed by atoms with Crippen LogP contribution in [0, 0.1) is 6.92 Å². The van der Waals surface area contributed by atoms with Crippen LogP contribution in [0.5, 0.6) is 5.75 Å². The summed E-state index contributed by atoms with van der Waals surface area (Å²) in [7, 11) is 0. The number of aryl methyl sites for hydroxylation is 1. The molecule has 2 heterocycles. The number of nitrogens with zero attached hydrogens (tertiary/aromatic N) is 4. The average molecular weight is 423 g/mol. The fraction of sp³-hybridized carbons (Fsp3) is 0.520. The SMILES string of the molecule is CCOc1ccc(N2CN(CCC3=CCCCC3)Cn3c2nc(C)c(CC)c3=O)cc1. The van der Waals surface area contributed by atoms with Crippen LogP contribution in [0.4, 0.5) is 11.6 Å². The first-order chi connectivity index (χ1) is 15.1. The Labute approximate surface area is 185 Å². The van der Waals surface area contributed by atoms with E-state index in [0.29, 0.717) is 19.7 Å². The molecule has 0 radical (unpaired) electrons. The van der Waals surface area contributed by atoms with E-state index < -0.39 is 0 Å². The third-order valence-electron chi connectivity index (χ3n) is 6.32. The lowest BCUT2D eigenvalue weighted by Gasteiger charge is -2.38. The molecule has 0 bridgehead atoms. The standard InChI is InChI=1S/C25H34N4O2/c1-4-23-19(3)26-25-28(21-11-13-22(14-12-21)31-5-2)17-27(18-29(25)24(23)30)16-15-20-9-7-6-8-10-20/h9,11-14H,4-8,10,15-18H2,1-3H3. The Morgan fingerprint density at radius 2 is 1.90 bits per heavy atom. The van der Waals surface area contributed by atoms with Crippen molar-refractivity contribution in [2.24, 2.45) is 0 Å². The predicted molar refractivity (Wildman–Crippen MR) is 125 cm³/mol. The molecular weight excluding hydrogens is 388 g/mol. The van der Waals surface area contributed by atoms with Gasteiger partial charge in [0, 0.05) is 23.5 Å². The number of benzene rings is 1. The average Bonchev–Trinajstić information content (AvgIpc) is 2.79. The second-order valence-electron chi connectivity index (χ2n) is 8.45. The molecule has 1 aromatic carbocycles. The quantitative estimate of drug-likeness (QED) is 0.602. The zero-order valence-electron chi connectivity index (χ0n) is 19.1. The van der Waals surface area contributed by atoms with Gasteiger partial charge in [0.05, 0.1) is 19.9 Å². The van der Waals surface area contributed by atoms with Crippen molar-refractivity contribution in [3.63, 3.8) is 0 Å². The van der Waals surface area contributed by atoms with E-state index in [9.17, 15) is 4.79 Å². The van der Waals surface area contributed by atoms with Crippen molar-refractivity contribution < 1.29 is 4.74 Å². The molecule has 0 atom stereocenters. The highest BCUT2D eigenvalue weighted by atomic mass is 16.5. The van der Waals surface area contributed by atoms with E-state index in [1.165, 1.54) is 25.7 Å². The van der Waals surface area contributed by atoms with Crippen LogP contribution in [-0.2, 0) is 13.1 Å². The molecule has 0 spiro atoms. The lowest BCUT2D eigenvalue weighted by atomic mass is 9.97. The molecule has 0 unspecified atom stereocenters. The van der Waals surface area contributed by atoms with Gasteiger partial charge in [-0.05, 0) is 76.6 Å². The first-order valence-electron chi connectivity index (χ1n) is 11.6. The van der Waals surface area contributed by atoms with E-state index in [4.69, 9.17) is 9.72 Å². The van der Waals surface area contributed by atoms with Gasteiger partial charge in [-0.1, -0.05) is 18.6 Å². The van der Waals surface area contributed by atoms with Crippen LogP contribution in [-0.4, -0.2) is 34.3 Å². The molecule has 2 aromatic rings. The minimum absolute atomic E-state index is 0.0857. The Morgan fingerprint density at radius 1 is 1.10 bits per heavy atom. The molecule has 31 heavy (non-hydrogen) atoms. The summed E-state index contributed by atoms with van der Waals surface area (Å²) in [6.45, 7) is 8.86. The second-order valence-corrected chi connectivity index (χ2v) is 8.45. The van der Waals surface area contributed by atoms with Gasteiger partial charge in [0.2, 0.25) is 5.95 Å². The number of hydrogen-bond donors (Lipinski definition) is 0. The molecule has 4 rings (SSSR count). The molecule has 1 aliphatic carbocycles. The summed E-state index contributed by atoms with van der Waals surface area (Å²) in [6, 6.07) is 8.08. The molecule has 1 aromatic heterocycles. The molecule has 0 amide bonds. The number of ether oxygens (including phenoxy) is 1. The first-order valence-corrected chi connectivity index (χ1v) is 11.6. The minimum atomic E-state index is 0.0857. The lowest BCUT2D eigenvalue weighted by molar-refractivity contribution is 0.199. The maximum atomic E-state index is 13.3. The van der Waals surface area contributed by atoms with Gasteiger partial charge < -0.3 is 4.74 Å². The number of anilines is 2. The Hall–Kier alpha value is -2.60. The number of rotatable bonds is 7. The second kappa shape index (κ2) is 9.69. The Bertz CT molecular complexity index is 994. The predicted octanol–water partition coefficient (Wildman–Crippen LogP) is 4.77. The van der Waals surface area contributed by atoms with Crippen molar-refractivity contribution in [2.75, 3.05) is 24.7 Å². The van der Waals surface area contributed by atoms with Crippen LogP contribution >= 0.6 is 0 Å². The summed E-state index contributed by atoms with van der Waals surface area (Å²) in [6.07, 6.45) is 9.22. The number of fused-ring (bicyclic) bond motifs is 1. The van der Waals surface area contributed by atoms with Crippen molar-refractivity contribution >= 4 is 11.6 Å². The molecule has 166 valence electrons. The topological polar surface area (TPSA) is 50.6 Å². The normalized spacial score (nSPS) is 16.7. The maximum absolute atomic E-state index is 13.3. The van der Waals surface area contributed by atoms with E-state index in [0.717, 1.165) is 48.3 Å². The van der Waals surface area contributed by atoms with Crippen molar-refractivity contribution in [2.45, 2.75) is 66.0 Å². The molecule has 6 nitrogen and oxygen atoms in total. The third kappa shape index (κ3) is 4.69. The summed E-state index contributed by atoms with van der Waals surface area (Å²) >= 11 is 0. The zero-order chi connectivity index (χ0) is 21.8. The van der Waals surface area contributed by atoms with Crippen LogP contribution in [0.1, 0.15) is 57.2 Å². The van der Waals surface area contributed by atoms with Crippen LogP contribution in [0.25, 0.3) is 0 Å². The summed E-state index contributed by atoms with van der Waals surface area (Å²) in [5.41, 5.74) is 4.31. The minimum Gasteiger partial charge on any atom is -0.494 e. The van der Waals surface area contributed by atoms with Crippen molar-refractivity contribution in [3.05, 3.63) is 57.5 Å². The van der Waals surface area contributed by atoms with Gasteiger partial charge >= 0.3 is 0 Å². The molecule has 0 saturated heterocycles. The monoisotopic (exact) mass is 422 g/mol. The van der Waals surface area contributed by atoms with Gasteiger partial charge in [0.1, 0.15) is 5.75 Å². The van der Waals surface area contributed by atoms with Crippen LogP contribution in [0.2, 0.25) is 0 Å². The molecule has 6 heteroatoms. The van der Waals surface area contributed by atoms with Crippen molar-refractivity contribution in [1.82, 2.24) is 14.5 Å². The molecule has 0 N–H and O–H groups in total. The fourth-order valence-corrected chi connectivity index (χ4v) is 4.60. The van der Waals surface area contributed by atoms with Gasteiger partial charge in [0.25, 0.3) is 5.56 Å². The van der Waals surface area contributed by atoms with E-state index in [1.807, 2.05) is 37.5 Å². The van der Waals surface area contributed by atoms with Crippen LogP contribution < -0.4 is 15.2 Å². The highest BCUT2D eigenvalue weighted by Crippen LogP contribution is 2.30. The molecule has 2 aliphatic rings. The zero-order valence-corrected chi connectivity index (χ0v) is 19.1. The van der Waals surface area contributed by atoms with E-state index in [1.54, 1.807) is 5.57 Å². The summed E-state index contributed by atoms with van der Waals surface area (Å²) in [5.74, 6) is 1.59. The van der Waals surface area contributed by atoms with Gasteiger partial charge in [-0.25, -0.2) is 4.98 Å². The summed E-state index contributed by atoms with van der Waals surface area (Å²) < 4.78 is 7.46. The molecule has 0 saturated carbocycles. The summed E-state index contributed by atoms with van der Waals surface area (Å²) in [4.78, 5) is 22.7. The van der Waals surface area contributed by atoms with Crippen LogP contribution in [0.15, 0.2) is 40.7 Å². The largest absolute Gasteiger partial charge is 0.494 e. The smallest absolute Gasteiger partial charge is 0.259 e. The molecular formula is C25H34N4O2. The highest BCUT2D eigenvalue weighted by molar-refractivity contribution is 5.59. The van der Waals surface area contributed by atoms with Crippen LogP contribution in [0.3, 0.4) is 0 Å². The first kappa shape index (κ1) is 21.6. The van der Waals surface area contributed by atoms with E-state index in [2.05, 4.69) is 28.0 Å². The molecule has 0 fully saturated rings. The number of aromatic nitrogens is 2. The van der Waals surface area contributed by atoms with Gasteiger partial charge in [-0.15, -0.1) is 0 Å². The van der Waals surface area contributed by atoms with Gasteiger partial charge in [-0.3, -0.25) is 19.2 Å². The maximum Gasteiger partial charge on any atom is 0.259 e. The molecule has 1 aliphatic heterocycles. The van der Waals surface area contributed by atoms with Crippen molar-refractivity contribution in [1.29, 1.82) is 0 Å². The fourth-order valence-electron chi connectivity index (χ4n) is 4.60. The van der Waals surface area contributed by atoms with E-state index >= 15 is 0 Å². The van der Waals surface area contributed by atoms with Crippen molar-refractivity contribution in [3.8, 4) is 5.75 Å². The third-order valence-corrected chi connectivity index (χ3v) is 6.32. The lowest BCUT2D eigenvalue weighted by Crippen LogP contribution is -2.48.